The van der Waals surface area contributed by atoms with Gasteiger partial charge in [0.1, 0.15) is 5.60 Å². The fourth-order valence-electron chi connectivity index (χ4n) is 1.47. The van der Waals surface area contributed by atoms with Gasteiger partial charge in [0, 0.05) is 6.42 Å². The number of hydrogen-bond donors (Lipinski definition) is 0. The molecule has 1 aliphatic heterocycles. The highest BCUT2D eigenvalue weighted by molar-refractivity contribution is 5.79. The number of esters is 1. The standard InChI is InChI=1S/C9H13F3O3/c1-8(4-3-5-9(10,11)12)6(15-8)7(13)14-2/h6H,3-5H2,1-2H3. The van der Waals surface area contributed by atoms with Crippen molar-refractivity contribution in [2.75, 3.05) is 7.11 Å². The zero-order valence-corrected chi connectivity index (χ0v) is 8.56. The van der Waals surface area contributed by atoms with E-state index in [2.05, 4.69) is 4.74 Å². The molecule has 88 valence electrons. The van der Waals surface area contributed by atoms with E-state index in [1.54, 1.807) is 6.92 Å². The molecular formula is C9H13F3O3. The molecule has 0 aromatic carbocycles. The highest BCUT2D eigenvalue weighted by atomic mass is 19.4. The van der Waals surface area contributed by atoms with E-state index in [0.717, 1.165) is 0 Å². The third-order valence-electron chi connectivity index (χ3n) is 2.43. The van der Waals surface area contributed by atoms with Gasteiger partial charge in [-0.3, -0.25) is 0 Å². The van der Waals surface area contributed by atoms with Crippen LogP contribution in [0.1, 0.15) is 26.2 Å². The van der Waals surface area contributed by atoms with E-state index in [0.29, 0.717) is 0 Å². The lowest BCUT2D eigenvalue weighted by atomic mass is 10.0. The molecule has 0 saturated carbocycles. The van der Waals surface area contributed by atoms with Crippen LogP contribution in [-0.4, -0.2) is 31.0 Å². The van der Waals surface area contributed by atoms with Crippen LogP contribution in [0.2, 0.25) is 0 Å². The van der Waals surface area contributed by atoms with Crippen molar-refractivity contribution in [3.8, 4) is 0 Å². The highest BCUT2D eigenvalue weighted by Crippen LogP contribution is 2.42. The second-order valence-corrected chi connectivity index (χ2v) is 3.80. The lowest BCUT2D eigenvalue weighted by Gasteiger charge is -2.08. The average molecular weight is 226 g/mol. The van der Waals surface area contributed by atoms with Gasteiger partial charge >= 0.3 is 12.1 Å². The Hall–Kier alpha value is -0.780. The van der Waals surface area contributed by atoms with Crippen molar-refractivity contribution >= 4 is 5.97 Å². The maximum absolute atomic E-state index is 11.8. The number of ether oxygens (including phenoxy) is 2. The summed E-state index contributed by atoms with van der Waals surface area (Å²) in [4.78, 5) is 11.0. The molecule has 0 spiro atoms. The van der Waals surface area contributed by atoms with Gasteiger partial charge in [0.2, 0.25) is 0 Å². The van der Waals surface area contributed by atoms with E-state index >= 15 is 0 Å². The Kier molecular flexibility index (Phi) is 3.28. The molecule has 0 bridgehead atoms. The maximum atomic E-state index is 11.8. The summed E-state index contributed by atoms with van der Waals surface area (Å²) in [5.74, 6) is -0.524. The molecule has 0 aromatic heterocycles. The first kappa shape index (κ1) is 12.3. The van der Waals surface area contributed by atoms with Crippen LogP contribution in [0.4, 0.5) is 13.2 Å². The van der Waals surface area contributed by atoms with Gasteiger partial charge < -0.3 is 9.47 Å². The van der Waals surface area contributed by atoms with Gasteiger partial charge in [-0.1, -0.05) is 0 Å². The van der Waals surface area contributed by atoms with E-state index < -0.39 is 30.3 Å². The van der Waals surface area contributed by atoms with Gasteiger partial charge in [-0.25, -0.2) is 4.79 Å². The fraction of sp³-hybridized carbons (Fsp3) is 0.889. The third-order valence-corrected chi connectivity index (χ3v) is 2.43. The molecule has 1 saturated heterocycles. The van der Waals surface area contributed by atoms with Crippen molar-refractivity contribution in [3.05, 3.63) is 0 Å². The maximum Gasteiger partial charge on any atom is 0.389 e. The molecule has 15 heavy (non-hydrogen) atoms. The highest BCUT2D eigenvalue weighted by Gasteiger charge is 2.57. The number of halogens is 3. The molecule has 0 radical (unpaired) electrons. The summed E-state index contributed by atoms with van der Waals surface area (Å²) in [6, 6.07) is 0. The Labute approximate surface area is 85.5 Å². The minimum atomic E-state index is -4.15. The van der Waals surface area contributed by atoms with Crippen LogP contribution >= 0.6 is 0 Å². The molecule has 0 aromatic rings. The Balaban J connectivity index is 2.27. The van der Waals surface area contributed by atoms with Crippen molar-refractivity contribution in [3.63, 3.8) is 0 Å². The number of methoxy groups -OCH3 is 1. The minimum Gasteiger partial charge on any atom is -0.467 e. The number of carbonyl (C=O) groups excluding carboxylic acids is 1. The Bertz CT molecular complexity index is 251. The molecular weight excluding hydrogens is 213 g/mol. The summed E-state index contributed by atoms with van der Waals surface area (Å²) < 4.78 is 45.0. The second-order valence-electron chi connectivity index (χ2n) is 3.80. The summed E-state index contributed by atoms with van der Waals surface area (Å²) in [5.41, 5.74) is -0.766. The summed E-state index contributed by atoms with van der Waals surface area (Å²) in [7, 11) is 1.22. The molecule has 0 N–H and O–H groups in total. The minimum absolute atomic E-state index is 0.0342. The number of hydrogen-bond acceptors (Lipinski definition) is 3. The molecule has 1 aliphatic rings. The van der Waals surface area contributed by atoms with E-state index in [1.165, 1.54) is 7.11 Å². The van der Waals surface area contributed by atoms with E-state index in [9.17, 15) is 18.0 Å². The SMILES string of the molecule is COC(=O)C1OC1(C)CCCC(F)(F)F. The van der Waals surface area contributed by atoms with Gasteiger partial charge in [-0.05, 0) is 19.8 Å². The lowest BCUT2D eigenvalue weighted by Crippen LogP contribution is -2.19. The molecule has 1 rings (SSSR count). The van der Waals surface area contributed by atoms with Crippen LogP contribution in [0, 0.1) is 0 Å². The van der Waals surface area contributed by atoms with Gasteiger partial charge in [0.05, 0.1) is 7.11 Å². The van der Waals surface area contributed by atoms with Crippen LogP contribution in [0.15, 0.2) is 0 Å². The van der Waals surface area contributed by atoms with Crippen molar-refractivity contribution in [1.82, 2.24) is 0 Å². The molecule has 1 fully saturated rings. The zero-order valence-electron chi connectivity index (χ0n) is 8.56. The first-order chi connectivity index (χ1) is 6.78. The second kappa shape index (κ2) is 4.00. The summed E-state index contributed by atoms with van der Waals surface area (Å²) >= 11 is 0. The molecule has 0 amide bonds. The van der Waals surface area contributed by atoms with E-state index in [1.807, 2.05) is 0 Å². The van der Waals surface area contributed by atoms with E-state index in [-0.39, 0.29) is 12.8 Å². The monoisotopic (exact) mass is 226 g/mol. The summed E-state index contributed by atoms with van der Waals surface area (Å²) in [5, 5.41) is 0. The Morgan fingerprint density at radius 3 is 2.60 bits per heavy atom. The van der Waals surface area contributed by atoms with Crippen LogP contribution < -0.4 is 0 Å². The van der Waals surface area contributed by atoms with Crippen molar-refractivity contribution in [2.24, 2.45) is 0 Å². The molecule has 0 aliphatic carbocycles. The fourth-order valence-corrected chi connectivity index (χ4v) is 1.47. The smallest absolute Gasteiger partial charge is 0.389 e. The van der Waals surface area contributed by atoms with Gasteiger partial charge in [0.15, 0.2) is 6.10 Å². The predicted molar refractivity (Wildman–Crippen MR) is 45.2 cm³/mol. The number of alkyl halides is 3. The predicted octanol–water partition coefficient (Wildman–Crippen LogP) is 2.05. The topological polar surface area (TPSA) is 38.8 Å². The van der Waals surface area contributed by atoms with Gasteiger partial charge in [0.25, 0.3) is 0 Å². The molecule has 2 unspecified atom stereocenters. The van der Waals surface area contributed by atoms with Gasteiger partial charge in [-0.15, -0.1) is 0 Å². The Morgan fingerprint density at radius 1 is 1.53 bits per heavy atom. The van der Waals surface area contributed by atoms with Crippen molar-refractivity contribution in [1.29, 1.82) is 0 Å². The molecule has 1 heterocycles. The van der Waals surface area contributed by atoms with Crippen molar-refractivity contribution in [2.45, 2.75) is 44.1 Å². The van der Waals surface area contributed by atoms with Crippen LogP contribution in [0.25, 0.3) is 0 Å². The lowest BCUT2D eigenvalue weighted by molar-refractivity contribution is -0.142. The molecule has 3 nitrogen and oxygen atoms in total. The first-order valence-electron chi connectivity index (χ1n) is 4.61. The normalized spacial score (nSPS) is 30.1. The molecule has 6 heteroatoms. The van der Waals surface area contributed by atoms with Crippen LogP contribution in [0.5, 0.6) is 0 Å². The van der Waals surface area contributed by atoms with Crippen LogP contribution in [0.3, 0.4) is 0 Å². The van der Waals surface area contributed by atoms with Gasteiger partial charge in [-0.2, -0.15) is 13.2 Å². The van der Waals surface area contributed by atoms with E-state index in [4.69, 9.17) is 4.74 Å². The average Bonchev–Trinajstić information content (AvgIpc) is 2.74. The number of carbonyl (C=O) groups is 1. The number of rotatable bonds is 4. The van der Waals surface area contributed by atoms with Crippen molar-refractivity contribution < 1.29 is 27.4 Å². The quantitative estimate of drug-likeness (QED) is 0.544. The summed E-state index contributed by atoms with van der Waals surface area (Å²) in [6.07, 6.45) is -5.51. The molecule has 2 atom stereocenters. The zero-order chi connectivity index (χ0) is 11.7. The Morgan fingerprint density at radius 2 is 2.13 bits per heavy atom. The largest absolute Gasteiger partial charge is 0.467 e. The first-order valence-corrected chi connectivity index (χ1v) is 4.61. The summed E-state index contributed by atoms with van der Waals surface area (Å²) in [6.45, 7) is 1.62. The number of epoxide rings is 1. The third kappa shape index (κ3) is 3.37. The van der Waals surface area contributed by atoms with Crippen LogP contribution in [-0.2, 0) is 14.3 Å².